The average Bonchev–Trinajstić information content (AvgIpc) is 2.62. The van der Waals surface area contributed by atoms with E-state index in [0.29, 0.717) is 11.1 Å². The van der Waals surface area contributed by atoms with E-state index < -0.39 is 6.10 Å². The highest BCUT2D eigenvalue weighted by Gasteiger charge is 2.12. The van der Waals surface area contributed by atoms with Gasteiger partial charge in [-0.15, -0.1) is 0 Å². The van der Waals surface area contributed by atoms with E-state index in [2.05, 4.69) is 0 Å². The summed E-state index contributed by atoms with van der Waals surface area (Å²) in [6.07, 6.45) is -0.679. The van der Waals surface area contributed by atoms with Crippen LogP contribution in [0.2, 0.25) is 0 Å². The van der Waals surface area contributed by atoms with Gasteiger partial charge in [-0.05, 0) is 11.1 Å². The zero-order chi connectivity index (χ0) is 15.4. The summed E-state index contributed by atoms with van der Waals surface area (Å²) in [5.74, 6) is -0.0126. The van der Waals surface area contributed by atoms with E-state index in [0.717, 1.165) is 11.1 Å². The number of hydrogen-bond acceptors (Lipinski definition) is 2. The molecule has 22 heavy (non-hydrogen) atoms. The fraction of sp³-hybridized carbons (Fsp3) is 0.0500. The van der Waals surface area contributed by atoms with Gasteiger partial charge in [0.1, 0.15) is 6.10 Å². The molecule has 0 saturated heterocycles. The Balaban J connectivity index is 1.83. The fourth-order valence-electron chi connectivity index (χ4n) is 2.40. The smallest absolute Gasteiger partial charge is 0.193 e. The summed E-state index contributed by atoms with van der Waals surface area (Å²) in [7, 11) is 0. The molecule has 0 aromatic heterocycles. The number of rotatable bonds is 4. The Morgan fingerprint density at radius 2 is 1.09 bits per heavy atom. The van der Waals surface area contributed by atoms with Gasteiger partial charge in [-0.2, -0.15) is 0 Å². The number of aliphatic hydroxyl groups excluding tert-OH is 1. The van der Waals surface area contributed by atoms with E-state index in [-0.39, 0.29) is 5.78 Å². The van der Waals surface area contributed by atoms with Crippen molar-refractivity contribution in [2.75, 3.05) is 0 Å². The van der Waals surface area contributed by atoms with Crippen LogP contribution in [0, 0.1) is 0 Å². The van der Waals surface area contributed by atoms with Crippen LogP contribution in [0.1, 0.15) is 33.2 Å². The van der Waals surface area contributed by atoms with Crippen molar-refractivity contribution in [3.05, 3.63) is 107 Å². The van der Waals surface area contributed by atoms with Crippen LogP contribution in [0.25, 0.3) is 0 Å². The average molecular weight is 288 g/mol. The quantitative estimate of drug-likeness (QED) is 0.737. The summed E-state index contributed by atoms with van der Waals surface area (Å²) < 4.78 is 0. The van der Waals surface area contributed by atoms with Crippen LogP contribution in [0.5, 0.6) is 0 Å². The van der Waals surface area contributed by atoms with Crippen LogP contribution in [0.15, 0.2) is 84.9 Å². The molecule has 0 radical (unpaired) electrons. The second kappa shape index (κ2) is 6.37. The van der Waals surface area contributed by atoms with Crippen LogP contribution in [0.4, 0.5) is 0 Å². The second-order valence-corrected chi connectivity index (χ2v) is 5.13. The van der Waals surface area contributed by atoms with E-state index in [1.807, 2.05) is 48.5 Å². The molecule has 0 amide bonds. The summed E-state index contributed by atoms with van der Waals surface area (Å²) in [4.78, 5) is 12.3. The van der Waals surface area contributed by atoms with Gasteiger partial charge in [-0.3, -0.25) is 4.79 Å². The maximum atomic E-state index is 12.3. The first kappa shape index (κ1) is 14.2. The summed E-state index contributed by atoms with van der Waals surface area (Å²) in [6.45, 7) is 0. The third-order valence-electron chi connectivity index (χ3n) is 3.64. The van der Waals surface area contributed by atoms with Crippen molar-refractivity contribution < 1.29 is 9.90 Å². The first-order valence-corrected chi connectivity index (χ1v) is 7.18. The van der Waals surface area contributed by atoms with E-state index in [9.17, 15) is 9.90 Å². The van der Waals surface area contributed by atoms with Crippen molar-refractivity contribution in [1.29, 1.82) is 0 Å². The SMILES string of the molecule is O=C(c1ccccc1)c1ccc([C@H](O)c2ccccc2)cc1. The Kier molecular flexibility index (Phi) is 4.12. The second-order valence-electron chi connectivity index (χ2n) is 5.13. The highest BCUT2D eigenvalue weighted by Crippen LogP contribution is 2.22. The first-order chi connectivity index (χ1) is 10.8. The molecule has 0 spiro atoms. The van der Waals surface area contributed by atoms with Crippen LogP contribution in [-0.4, -0.2) is 10.9 Å². The lowest BCUT2D eigenvalue weighted by Gasteiger charge is -2.11. The van der Waals surface area contributed by atoms with Gasteiger partial charge in [0.25, 0.3) is 0 Å². The van der Waals surface area contributed by atoms with Gasteiger partial charge in [0.15, 0.2) is 5.78 Å². The molecule has 3 aromatic rings. The zero-order valence-electron chi connectivity index (χ0n) is 12.0. The molecule has 1 atom stereocenters. The molecular formula is C20H16O2. The molecule has 0 heterocycles. The predicted molar refractivity (Wildman–Crippen MR) is 86.8 cm³/mol. The Bertz CT molecular complexity index is 747. The summed E-state index contributed by atoms with van der Waals surface area (Å²) in [6, 6.07) is 25.8. The van der Waals surface area contributed by atoms with Crippen LogP contribution < -0.4 is 0 Å². The predicted octanol–water partition coefficient (Wildman–Crippen LogP) is 4.00. The van der Waals surface area contributed by atoms with Gasteiger partial charge in [0, 0.05) is 11.1 Å². The zero-order valence-corrected chi connectivity index (χ0v) is 12.0. The Morgan fingerprint density at radius 3 is 1.68 bits per heavy atom. The van der Waals surface area contributed by atoms with Gasteiger partial charge < -0.3 is 5.11 Å². The van der Waals surface area contributed by atoms with Gasteiger partial charge in [-0.1, -0.05) is 84.9 Å². The molecule has 0 saturated carbocycles. The summed E-state index contributed by atoms with van der Waals surface area (Å²) in [5.41, 5.74) is 2.90. The largest absolute Gasteiger partial charge is 0.384 e. The lowest BCUT2D eigenvalue weighted by Crippen LogP contribution is -2.03. The molecule has 2 nitrogen and oxygen atoms in total. The molecule has 0 aliphatic carbocycles. The van der Waals surface area contributed by atoms with E-state index in [1.165, 1.54) is 0 Å². The maximum absolute atomic E-state index is 12.3. The molecule has 3 rings (SSSR count). The number of aliphatic hydroxyl groups is 1. The molecule has 2 heteroatoms. The molecule has 108 valence electrons. The van der Waals surface area contributed by atoms with Crippen LogP contribution in [0.3, 0.4) is 0 Å². The van der Waals surface area contributed by atoms with Gasteiger partial charge >= 0.3 is 0 Å². The normalized spacial score (nSPS) is 11.9. The third-order valence-corrected chi connectivity index (χ3v) is 3.64. The lowest BCUT2D eigenvalue weighted by atomic mass is 9.98. The minimum atomic E-state index is -0.679. The number of carbonyl (C=O) groups is 1. The standard InChI is InChI=1S/C20H16O2/c21-19(15-7-3-1-4-8-15)17-11-13-18(14-12-17)20(22)16-9-5-2-6-10-16/h1-14,19,21H/t19-/m1/s1. The highest BCUT2D eigenvalue weighted by molar-refractivity contribution is 6.08. The number of carbonyl (C=O) groups excluding carboxylic acids is 1. The summed E-state index contributed by atoms with van der Waals surface area (Å²) >= 11 is 0. The molecular weight excluding hydrogens is 272 g/mol. The Morgan fingerprint density at radius 1 is 0.636 bits per heavy atom. The third kappa shape index (κ3) is 2.97. The number of benzene rings is 3. The van der Waals surface area contributed by atoms with Crippen molar-refractivity contribution in [3.8, 4) is 0 Å². The van der Waals surface area contributed by atoms with Crippen LogP contribution in [-0.2, 0) is 0 Å². The Labute approximate surface area is 129 Å². The van der Waals surface area contributed by atoms with E-state index in [1.54, 1.807) is 36.4 Å². The van der Waals surface area contributed by atoms with Crippen molar-refractivity contribution >= 4 is 5.78 Å². The molecule has 0 bridgehead atoms. The Hall–Kier alpha value is -2.71. The molecule has 3 aromatic carbocycles. The highest BCUT2D eigenvalue weighted by atomic mass is 16.3. The van der Waals surface area contributed by atoms with E-state index >= 15 is 0 Å². The fourth-order valence-corrected chi connectivity index (χ4v) is 2.40. The first-order valence-electron chi connectivity index (χ1n) is 7.18. The topological polar surface area (TPSA) is 37.3 Å². The number of ketones is 1. The summed E-state index contributed by atoms with van der Waals surface area (Å²) in [5, 5.41) is 10.4. The van der Waals surface area contributed by atoms with Crippen molar-refractivity contribution in [2.24, 2.45) is 0 Å². The van der Waals surface area contributed by atoms with Crippen LogP contribution >= 0.6 is 0 Å². The van der Waals surface area contributed by atoms with Crippen molar-refractivity contribution in [2.45, 2.75) is 6.10 Å². The minimum Gasteiger partial charge on any atom is -0.384 e. The lowest BCUT2D eigenvalue weighted by molar-refractivity contribution is 0.103. The van der Waals surface area contributed by atoms with Gasteiger partial charge in [-0.25, -0.2) is 0 Å². The van der Waals surface area contributed by atoms with Gasteiger partial charge in [0.2, 0.25) is 0 Å². The van der Waals surface area contributed by atoms with E-state index in [4.69, 9.17) is 0 Å². The van der Waals surface area contributed by atoms with Crippen molar-refractivity contribution in [1.82, 2.24) is 0 Å². The molecule has 0 unspecified atom stereocenters. The maximum Gasteiger partial charge on any atom is 0.193 e. The molecule has 0 fully saturated rings. The molecule has 0 aliphatic rings. The number of hydrogen-bond donors (Lipinski definition) is 1. The molecule has 0 aliphatic heterocycles. The minimum absolute atomic E-state index is 0.0126. The monoisotopic (exact) mass is 288 g/mol. The van der Waals surface area contributed by atoms with Gasteiger partial charge in [0.05, 0.1) is 0 Å². The molecule has 1 N–H and O–H groups in total. The van der Waals surface area contributed by atoms with Crippen molar-refractivity contribution in [3.63, 3.8) is 0 Å².